The van der Waals surface area contributed by atoms with E-state index in [0.717, 1.165) is 11.1 Å². The fourth-order valence-electron chi connectivity index (χ4n) is 3.45. The van der Waals surface area contributed by atoms with E-state index in [4.69, 9.17) is 29.5 Å². The number of aliphatic hydroxyl groups excluding tert-OH is 6. The Bertz CT molecular complexity index is 871. The van der Waals surface area contributed by atoms with Gasteiger partial charge in [0.25, 0.3) is 0 Å². The fraction of sp³-hybridized carbons (Fsp3) is 0.417. The monoisotopic (exact) mass is 478 g/mol. The molecular weight excluding hydrogens is 448 g/mol. The molecule has 32 heavy (non-hydrogen) atoms. The number of aliphatic hydroxyl groups is 6. The van der Waals surface area contributed by atoms with Crippen molar-refractivity contribution in [1.29, 1.82) is 0 Å². The molecule has 0 aromatic heterocycles. The minimum absolute atomic E-state index is 0.249. The first-order chi connectivity index (χ1) is 14.9. The molecule has 0 bridgehead atoms. The summed E-state index contributed by atoms with van der Waals surface area (Å²) >= 11 is 11.5. The molecule has 2 rings (SSSR count). The summed E-state index contributed by atoms with van der Waals surface area (Å²) < 4.78 is 0. The van der Waals surface area contributed by atoms with E-state index in [1.807, 2.05) is 38.1 Å². The zero-order valence-electron chi connectivity index (χ0n) is 18.2. The highest BCUT2D eigenvalue weighted by atomic mass is 32.1. The molecule has 0 fully saturated rings. The van der Waals surface area contributed by atoms with Crippen molar-refractivity contribution in [2.75, 3.05) is 6.61 Å². The number of hydrogen-bond donors (Lipinski definition) is 6. The quantitative estimate of drug-likeness (QED) is 0.223. The first kappa shape index (κ1) is 26.6. The molecule has 5 atom stereocenters. The van der Waals surface area contributed by atoms with E-state index in [1.54, 1.807) is 31.2 Å². The van der Waals surface area contributed by atoms with E-state index in [1.165, 1.54) is 0 Å². The number of hydrogen-bond acceptors (Lipinski definition) is 8. The van der Waals surface area contributed by atoms with Gasteiger partial charge in [-0.25, -0.2) is 0 Å². The van der Waals surface area contributed by atoms with Gasteiger partial charge >= 0.3 is 0 Å². The van der Waals surface area contributed by atoms with Crippen LogP contribution in [-0.4, -0.2) is 77.5 Å². The van der Waals surface area contributed by atoms with Crippen LogP contribution in [0.2, 0.25) is 0 Å². The molecule has 0 saturated heterocycles. The minimum Gasteiger partial charge on any atom is -0.394 e. The zero-order chi connectivity index (χ0) is 24.2. The van der Waals surface area contributed by atoms with Gasteiger partial charge in [0.2, 0.25) is 0 Å². The summed E-state index contributed by atoms with van der Waals surface area (Å²) in [5, 5.41) is 61.1. The van der Waals surface area contributed by atoms with Gasteiger partial charge in [-0.05, 0) is 31.9 Å². The Morgan fingerprint density at radius 1 is 0.719 bits per heavy atom. The van der Waals surface area contributed by atoms with Gasteiger partial charge in [0.15, 0.2) is 0 Å². The van der Waals surface area contributed by atoms with Crippen LogP contribution in [0.25, 0.3) is 0 Å². The molecule has 174 valence electrons. The van der Waals surface area contributed by atoms with Gasteiger partial charge in [0, 0.05) is 9.73 Å². The van der Waals surface area contributed by atoms with Crippen molar-refractivity contribution in [3.05, 3.63) is 70.8 Å². The van der Waals surface area contributed by atoms with Gasteiger partial charge in [-0.15, -0.1) is 0 Å². The molecule has 8 heteroatoms. The van der Waals surface area contributed by atoms with Crippen molar-refractivity contribution in [2.24, 2.45) is 5.41 Å². The minimum atomic E-state index is -1.96. The Kier molecular flexibility index (Phi) is 9.15. The summed E-state index contributed by atoms with van der Waals surface area (Å²) in [6.07, 6.45) is -9.22. The first-order valence-corrected chi connectivity index (χ1v) is 11.0. The molecule has 6 nitrogen and oxygen atoms in total. The maximum absolute atomic E-state index is 11.2. The normalized spacial score (nSPS) is 16.7. The highest BCUT2D eigenvalue weighted by molar-refractivity contribution is 7.82. The molecule has 0 saturated carbocycles. The van der Waals surface area contributed by atoms with E-state index in [9.17, 15) is 25.5 Å². The average Bonchev–Trinajstić information content (AvgIpc) is 2.81. The Hall–Kier alpha value is -1.62. The molecule has 0 aliphatic rings. The Morgan fingerprint density at radius 2 is 1.09 bits per heavy atom. The van der Waals surface area contributed by atoms with Crippen LogP contribution in [0.1, 0.15) is 29.2 Å². The van der Waals surface area contributed by atoms with Crippen LogP contribution in [0.15, 0.2) is 48.5 Å². The average molecular weight is 479 g/mol. The molecule has 6 N–H and O–H groups in total. The Morgan fingerprint density at radius 3 is 1.44 bits per heavy atom. The number of rotatable bonds is 10. The van der Waals surface area contributed by atoms with Gasteiger partial charge in [-0.1, -0.05) is 84.1 Å². The van der Waals surface area contributed by atoms with Gasteiger partial charge in [-0.3, -0.25) is 0 Å². The van der Waals surface area contributed by atoms with Crippen molar-refractivity contribution < 1.29 is 30.6 Å². The number of benzene rings is 2. The second-order valence-corrected chi connectivity index (χ2v) is 9.08. The number of thiocarbonyl (C=S) groups is 2. The lowest BCUT2D eigenvalue weighted by atomic mass is 9.70. The summed E-state index contributed by atoms with van der Waals surface area (Å²) in [6, 6.07) is 14.6. The van der Waals surface area contributed by atoms with E-state index in [-0.39, 0.29) is 9.73 Å². The lowest BCUT2D eigenvalue weighted by molar-refractivity contribution is -0.147. The van der Waals surface area contributed by atoms with Crippen LogP contribution in [0, 0.1) is 19.3 Å². The Balaban J connectivity index is 2.53. The van der Waals surface area contributed by atoms with E-state index >= 15 is 0 Å². The maximum Gasteiger partial charge on any atom is 0.111 e. The summed E-state index contributed by atoms with van der Waals surface area (Å²) in [5.41, 5.74) is 1.74. The lowest BCUT2D eigenvalue weighted by Gasteiger charge is -2.40. The van der Waals surface area contributed by atoms with Crippen molar-refractivity contribution in [3.8, 4) is 0 Å². The van der Waals surface area contributed by atoms with Gasteiger partial charge < -0.3 is 30.6 Å². The van der Waals surface area contributed by atoms with Crippen LogP contribution >= 0.6 is 24.4 Å². The third kappa shape index (κ3) is 5.47. The smallest absolute Gasteiger partial charge is 0.111 e. The zero-order valence-corrected chi connectivity index (χ0v) is 19.8. The predicted molar refractivity (Wildman–Crippen MR) is 131 cm³/mol. The summed E-state index contributed by atoms with van der Waals surface area (Å²) in [7, 11) is 0. The van der Waals surface area contributed by atoms with Crippen LogP contribution in [0.3, 0.4) is 0 Å². The SMILES string of the molecule is Cc1ccc(C(=S)C(C)(C(=S)c2ccc(C)cc2)C(O)[C@@H](O)[C@@H](O)[C@H](O)[C@@H](O)CO)cc1. The molecular formula is C24H30O6S2. The number of aryl methyl sites for hydroxylation is 2. The van der Waals surface area contributed by atoms with Crippen molar-refractivity contribution >= 4 is 34.2 Å². The van der Waals surface area contributed by atoms with Crippen LogP contribution in [0.4, 0.5) is 0 Å². The third-order valence-corrected chi connectivity index (χ3v) is 7.09. The second kappa shape index (κ2) is 11.0. The third-order valence-electron chi connectivity index (χ3n) is 5.77. The van der Waals surface area contributed by atoms with Crippen LogP contribution < -0.4 is 0 Å². The van der Waals surface area contributed by atoms with Crippen molar-refractivity contribution in [2.45, 2.75) is 51.3 Å². The topological polar surface area (TPSA) is 121 Å². The molecule has 0 heterocycles. The van der Waals surface area contributed by atoms with Gasteiger partial charge in [0.1, 0.15) is 24.4 Å². The second-order valence-electron chi connectivity index (χ2n) is 8.26. The molecule has 1 unspecified atom stereocenters. The largest absolute Gasteiger partial charge is 0.394 e. The Labute approximate surface area is 198 Å². The van der Waals surface area contributed by atoms with Crippen molar-refractivity contribution in [3.63, 3.8) is 0 Å². The maximum atomic E-state index is 11.2. The fourth-order valence-corrected chi connectivity index (χ4v) is 4.23. The first-order valence-electron chi connectivity index (χ1n) is 10.2. The highest BCUT2D eigenvalue weighted by Gasteiger charge is 2.48. The van der Waals surface area contributed by atoms with E-state index in [2.05, 4.69) is 0 Å². The summed E-state index contributed by atoms with van der Waals surface area (Å²) in [5.74, 6) is 0. The molecule has 0 amide bonds. The van der Waals surface area contributed by atoms with E-state index in [0.29, 0.717) is 11.1 Å². The standard InChI is InChI=1S/C24H30O6S2/c1-13-4-8-15(9-5-13)22(31)24(3,23(32)16-10-6-14(2)7-11-16)21(30)20(29)19(28)18(27)17(26)12-25/h4-11,17-21,25-30H,12H2,1-3H3/t17-,18+,19-,20-,21?/m0/s1. The van der Waals surface area contributed by atoms with Crippen LogP contribution in [-0.2, 0) is 0 Å². The summed E-state index contributed by atoms with van der Waals surface area (Å²) in [4.78, 5) is 0.498. The molecule has 0 aliphatic heterocycles. The van der Waals surface area contributed by atoms with Crippen LogP contribution in [0.5, 0.6) is 0 Å². The molecule has 0 aliphatic carbocycles. The molecule has 2 aromatic carbocycles. The van der Waals surface area contributed by atoms with E-state index < -0.39 is 42.5 Å². The van der Waals surface area contributed by atoms with Gasteiger partial charge in [0.05, 0.1) is 18.1 Å². The molecule has 0 spiro atoms. The molecule has 0 radical (unpaired) electrons. The lowest BCUT2D eigenvalue weighted by Crippen LogP contribution is -2.58. The highest BCUT2D eigenvalue weighted by Crippen LogP contribution is 2.36. The predicted octanol–water partition coefficient (Wildman–Crippen LogP) is 1.24. The molecule has 2 aromatic rings. The van der Waals surface area contributed by atoms with Crippen molar-refractivity contribution in [1.82, 2.24) is 0 Å². The van der Waals surface area contributed by atoms with Gasteiger partial charge in [-0.2, -0.15) is 0 Å². The summed E-state index contributed by atoms with van der Waals surface area (Å²) in [6.45, 7) is 4.59.